The lowest BCUT2D eigenvalue weighted by atomic mass is 9.75. The van der Waals surface area contributed by atoms with Crippen LogP contribution in [0.3, 0.4) is 0 Å². The molecular formula is C14H24O3. The molecule has 0 heterocycles. The number of rotatable bonds is 5. The number of hydrogen-bond donors (Lipinski definition) is 0. The first-order valence-corrected chi connectivity index (χ1v) is 6.72. The van der Waals surface area contributed by atoms with Crippen molar-refractivity contribution < 1.29 is 14.3 Å². The zero-order chi connectivity index (χ0) is 12.8. The number of esters is 1. The summed E-state index contributed by atoms with van der Waals surface area (Å²) in [6.07, 6.45) is 4.10. The summed E-state index contributed by atoms with van der Waals surface area (Å²) in [5.41, 5.74) is 0. The van der Waals surface area contributed by atoms with Gasteiger partial charge >= 0.3 is 5.97 Å². The highest BCUT2D eigenvalue weighted by atomic mass is 16.5. The maximum Gasteiger partial charge on any atom is 0.313 e. The Balaban J connectivity index is 2.33. The van der Waals surface area contributed by atoms with Gasteiger partial charge in [-0.05, 0) is 44.4 Å². The molecule has 0 unspecified atom stereocenters. The number of Topliss-reactive ketones (excluding diaryl/α,β-unsaturated/α-hetero) is 1. The van der Waals surface area contributed by atoms with Gasteiger partial charge in [-0.15, -0.1) is 0 Å². The van der Waals surface area contributed by atoms with Crippen molar-refractivity contribution in [1.29, 1.82) is 0 Å². The number of carbonyl (C=O) groups is 2. The minimum Gasteiger partial charge on any atom is -0.466 e. The van der Waals surface area contributed by atoms with Crippen molar-refractivity contribution >= 4 is 11.8 Å². The maximum absolute atomic E-state index is 11.9. The summed E-state index contributed by atoms with van der Waals surface area (Å²) in [6.45, 7) is 6.60. The summed E-state index contributed by atoms with van der Waals surface area (Å²) in [7, 11) is 0. The van der Waals surface area contributed by atoms with Crippen LogP contribution >= 0.6 is 0 Å². The number of carbonyl (C=O) groups excluding carboxylic acids is 2. The molecule has 0 spiro atoms. The Hall–Kier alpha value is -0.860. The number of hydrogen-bond acceptors (Lipinski definition) is 3. The van der Waals surface area contributed by atoms with E-state index in [9.17, 15) is 9.59 Å². The summed E-state index contributed by atoms with van der Waals surface area (Å²) in [5, 5.41) is 0. The van der Waals surface area contributed by atoms with E-state index in [0.717, 1.165) is 31.6 Å². The SMILES string of the molecule is CCOC(=O)CC(=O)C1CCC(C(C)C)CC1. The molecule has 0 aromatic carbocycles. The molecule has 1 saturated carbocycles. The highest BCUT2D eigenvalue weighted by Crippen LogP contribution is 2.34. The van der Waals surface area contributed by atoms with E-state index < -0.39 is 0 Å². The lowest BCUT2D eigenvalue weighted by molar-refractivity contribution is -0.146. The van der Waals surface area contributed by atoms with Gasteiger partial charge in [0, 0.05) is 5.92 Å². The summed E-state index contributed by atoms with van der Waals surface area (Å²) >= 11 is 0. The van der Waals surface area contributed by atoms with Gasteiger partial charge in [-0.2, -0.15) is 0 Å². The zero-order valence-corrected chi connectivity index (χ0v) is 11.2. The molecule has 0 atom stereocenters. The fourth-order valence-corrected chi connectivity index (χ4v) is 2.61. The van der Waals surface area contributed by atoms with Crippen molar-refractivity contribution in [3.05, 3.63) is 0 Å². The summed E-state index contributed by atoms with van der Waals surface area (Å²) < 4.78 is 4.80. The normalized spacial score (nSPS) is 24.7. The third kappa shape index (κ3) is 4.49. The molecule has 0 radical (unpaired) electrons. The van der Waals surface area contributed by atoms with Crippen LogP contribution in [0.4, 0.5) is 0 Å². The van der Waals surface area contributed by atoms with Gasteiger partial charge in [0.05, 0.1) is 6.61 Å². The second kappa shape index (κ2) is 6.77. The largest absolute Gasteiger partial charge is 0.466 e. The first-order valence-electron chi connectivity index (χ1n) is 6.72. The maximum atomic E-state index is 11.9. The average molecular weight is 240 g/mol. The molecule has 0 aromatic rings. The first-order chi connectivity index (χ1) is 8.04. The third-order valence-corrected chi connectivity index (χ3v) is 3.79. The van der Waals surface area contributed by atoms with Crippen LogP contribution in [0.15, 0.2) is 0 Å². The second-order valence-corrected chi connectivity index (χ2v) is 5.30. The van der Waals surface area contributed by atoms with E-state index in [0.29, 0.717) is 12.5 Å². The topological polar surface area (TPSA) is 43.4 Å². The Morgan fingerprint density at radius 3 is 2.24 bits per heavy atom. The molecule has 1 aliphatic carbocycles. The van der Waals surface area contributed by atoms with E-state index in [4.69, 9.17) is 4.74 Å². The van der Waals surface area contributed by atoms with Crippen LogP contribution in [-0.2, 0) is 14.3 Å². The molecule has 1 rings (SSSR count). The minimum absolute atomic E-state index is 0.0369. The standard InChI is InChI=1S/C14H24O3/c1-4-17-14(16)9-13(15)12-7-5-11(6-8-12)10(2)3/h10-12H,4-9H2,1-3H3. The van der Waals surface area contributed by atoms with Gasteiger partial charge in [0.1, 0.15) is 12.2 Å². The quantitative estimate of drug-likeness (QED) is 0.548. The summed E-state index contributed by atoms with van der Waals surface area (Å²) in [4.78, 5) is 23.1. The smallest absolute Gasteiger partial charge is 0.313 e. The van der Waals surface area contributed by atoms with E-state index in [1.807, 2.05) is 0 Å². The third-order valence-electron chi connectivity index (χ3n) is 3.79. The molecule has 0 amide bonds. The van der Waals surface area contributed by atoms with Crippen molar-refractivity contribution in [3.8, 4) is 0 Å². The van der Waals surface area contributed by atoms with Crippen LogP contribution in [-0.4, -0.2) is 18.4 Å². The Morgan fingerprint density at radius 1 is 1.18 bits per heavy atom. The highest BCUT2D eigenvalue weighted by Gasteiger charge is 2.28. The van der Waals surface area contributed by atoms with Crippen molar-refractivity contribution in [2.45, 2.75) is 52.9 Å². The molecule has 0 saturated heterocycles. The highest BCUT2D eigenvalue weighted by molar-refractivity contribution is 5.96. The molecule has 1 fully saturated rings. The second-order valence-electron chi connectivity index (χ2n) is 5.30. The Bertz CT molecular complexity index is 263. The van der Waals surface area contributed by atoms with Crippen LogP contribution in [0.1, 0.15) is 52.9 Å². The Labute approximate surface area is 104 Å². The number of ketones is 1. The lowest BCUT2D eigenvalue weighted by Crippen LogP contribution is -2.26. The monoisotopic (exact) mass is 240 g/mol. The fourth-order valence-electron chi connectivity index (χ4n) is 2.61. The van der Waals surface area contributed by atoms with Crippen molar-refractivity contribution in [2.75, 3.05) is 6.61 Å². The molecule has 0 aromatic heterocycles. The molecular weight excluding hydrogens is 216 g/mol. The molecule has 0 N–H and O–H groups in total. The van der Waals surface area contributed by atoms with Crippen LogP contribution < -0.4 is 0 Å². The van der Waals surface area contributed by atoms with Crippen molar-refractivity contribution in [1.82, 2.24) is 0 Å². The fraction of sp³-hybridized carbons (Fsp3) is 0.857. The van der Waals surface area contributed by atoms with Gasteiger partial charge < -0.3 is 4.74 Å². The predicted octanol–water partition coefficient (Wildman–Crippen LogP) is 2.97. The summed E-state index contributed by atoms with van der Waals surface area (Å²) in [6, 6.07) is 0. The molecule has 0 aliphatic heterocycles. The van der Waals surface area contributed by atoms with Gasteiger partial charge in [0.2, 0.25) is 0 Å². The zero-order valence-electron chi connectivity index (χ0n) is 11.2. The molecule has 3 nitrogen and oxygen atoms in total. The Morgan fingerprint density at radius 2 is 1.76 bits per heavy atom. The van der Waals surface area contributed by atoms with Crippen LogP contribution in [0.2, 0.25) is 0 Å². The minimum atomic E-state index is -0.372. The Kier molecular flexibility index (Phi) is 5.66. The van der Waals surface area contributed by atoms with Crippen LogP contribution in [0.25, 0.3) is 0 Å². The predicted molar refractivity (Wildman–Crippen MR) is 66.5 cm³/mol. The van der Waals surface area contributed by atoms with Crippen LogP contribution in [0.5, 0.6) is 0 Å². The molecule has 17 heavy (non-hydrogen) atoms. The van der Waals surface area contributed by atoms with Crippen molar-refractivity contribution in [3.63, 3.8) is 0 Å². The summed E-state index contributed by atoms with van der Waals surface area (Å²) in [5.74, 6) is 1.25. The average Bonchev–Trinajstić information content (AvgIpc) is 2.29. The van der Waals surface area contributed by atoms with E-state index >= 15 is 0 Å². The van der Waals surface area contributed by atoms with Crippen LogP contribution in [0, 0.1) is 17.8 Å². The molecule has 3 heteroatoms. The van der Waals surface area contributed by atoms with Crippen molar-refractivity contribution in [2.24, 2.45) is 17.8 Å². The van der Waals surface area contributed by atoms with Gasteiger partial charge in [0.25, 0.3) is 0 Å². The van der Waals surface area contributed by atoms with E-state index in [2.05, 4.69) is 13.8 Å². The molecule has 98 valence electrons. The van der Waals surface area contributed by atoms with E-state index in [-0.39, 0.29) is 24.1 Å². The van der Waals surface area contributed by atoms with Gasteiger partial charge in [-0.25, -0.2) is 0 Å². The number of ether oxygens (including phenoxy) is 1. The van der Waals surface area contributed by atoms with E-state index in [1.54, 1.807) is 6.92 Å². The molecule has 1 aliphatic rings. The van der Waals surface area contributed by atoms with E-state index in [1.165, 1.54) is 0 Å². The van der Waals surface area contributed by atoms with Gasteiger partial charge in [0.15, 0.2) is 0 Å². The van der Waals surface area contributed by atoms with Gasteiger partial charge in [-0.1, -0.05) is 13.8 Å². The molecule has 0 bridgehead atoms. The lowest BCUT2D eigenvalue weighted by Gasteiger charge is -2.29. The van der Waals surface area contributed by atoms with Gasteiger partial charge in [-0.3, -0.25) is 9.59 Å². The first kappa shape index (κ1) is 14.2.